The number of rotatable bonds is 4. The number of benzene rings is 1. The molecule has 2 aliphatic rings. The van der Waals surface area contributed by atoms with E-state index in [1.807, 2.05) is 26.0 Å². The van der Waals surface area contributed by atoms with E-state index >= 15 is 0 Å². The van der Waals surface area contributed by atoms with E-state index in [-0.39, 0.29) is 30.8 Å². The molecule has 7 heteroatoms. The van der Waals surface area contributed by atoms with Crippen molar-refractivity contribution in [1.82, 2.24) is 4.90 Å². The number of amides is 1. The van der Waals surface area contributed by atoms with Gasteiger partial charge in [0.05, 0.1) is 12.6 Å². The molecule has 7 nitrogen and oxygen atoms in total. The summed E-state index contributed by atoms with van der Waals surface area (Å²) in [5.74, 6) is -0.121. The van der Waals surface area contributed by atoms with Crippen molar-refractivity contribution < 1.29 is 28.9 Å². The highest BCUT2D eigenvalue weighted by atomic mass is 16.5. The van der Waals surface area contributed by atoms with Crippen LogP contribution in [0.25, 0.3) is 0 Å². The first-order valence-corrected chi connectivity index (χ1v) is 8.35. The molecular formula is C18H23NO6. The van der Waals surface area contributed by atoms with Crippen LogP contribution >= 0.6 is 0 Å². The molecule has 1 aromatic carbocycles. The minimum Gasteiger partial charge on any atom is -0.483 e. The SMILES string of the molecule is C[C@@H]1CN(C(=O)COc2cccc3c2OC(C)(C)C3)CC(C(=O)O)O1. The van der Waals surface area contributed by atoms with Gasteiger partial charge in [-0.3, -0.25) is 4.79 Å². The Morgan fingerprint density at radius 1 is 1.36 bits per heavy atom. The lowest BCUT2D eigenvalue weighted by molar-refractivity contribution is -0.167. The molecule has 1 saturated heterocycles. The van der Waals surface area contributed by atoms with Crippen molar-refractivity contribution >= 4 is 11.9 Å². The molecule has 0 saturated carbocycles. The Bertz CT molecular complexity index is 686. The van der Waals surface area contributed by atoms with Gasteiger partial charge in [-0.15, -0.1) is 0 Å². The average molecular weight is 349 g/mol. The molecule has 25 heavy (non-hydrogen) atoms. The van der Waals surface area contributed by atoms with Gasteiger partial charge in [0.1, 0.15) is 5.60 Å². The average Bonchev–Trinajstić information content (AvgIpc) is 2.86. The third kappa shape index (κ3) is 3.87. The molecule has 3 rings (SSSR count). The van der Waals surface area contributed by atoms with Gasteiger partial charge in [-0.05, 0) is 26.8 Å². The van der Waals surface area contributed by atoms with Gasteiger partial charge in [0, 0.05) is 18.5 Å². The lowest BCUT2D eigenvalue weighted by atomic mass is 10.0. The lowest BCUT2D eigenvalue weighted by Gasteiger charge is -2.34. The number of ether oxygens (including phenoxy) is 3. The maximum atomic E-state index is 12.4. The predicted molar refractivity (Wildman–Crippen MR) is 88.9 cm³/mol. The molecular weight excluding hydrogens is 326 g/mol. The number of morpholine rings is 1. The van der Waals surface area contributed by atoms with Crippen LogP contribution in [0.1, 0.15) is 26.3 Å². The lowest BCUT2D eigenvalue weighted by Crippen LogP contribution is -2.52. The topological polar surface area (TPSA) is 85.3 Å². The molecule has 2 heterocycles. The Morgan fingerprint density at radius 3 is 2.84 bits per heavy atom. The molecule has 0 aromatic heterocycles. The van der Waals surface area contributed by atoms with Crippen molar-refractivity contribution in [3.05, 3.63) is 23.8 Å². The maximum Gasteiger partial charge on any atom is 0.334 e. The van der Waals surface area contributed by atoms with Gasteiger partial charge in [-0.25, -0.2) is 4.79 Å². The molecule has 0 aliphatic carbocycles. The number of hydrogen-bond donors (Lipinski definition) is 1. The summed E-state index contributed by atoms with van der Waals surface area (Å²) >= 11 is 0. The fourth-order valence-corrected chi connectivity index (χ4v) is 3.22. The molecule has 1 unspecified atom stereocenters. The highest BCUT2D eigenvalue weighted by molar-refractivity contribution is 5.80. The molecule has 2 atom stereocenters. The van der Waals surface area contributed by atoms with E-state index in [4.69, 9.17) is 19.3 Å². The zero-order chi connectivity index (χ0) is 18.2. The number of fused-ring (bicyclic) bond motifs is 1. The Balaban J connectivity index is 1.64. The Morgan fingerprint density at radius 2 is 2.12 bits per heavy atom. The van der Waals surface area contributed by atoms with Crippen molar-refractivity contribution in [2.45, 2.75) is 45.0 Å². The van der Waals surface area contributed by atoms with Gasteiger partial charge in [-0.1, -0.05) is 12.1 Å². The number of carboxylic acids is 1. The van der Waals surface area contributed by atoms with E-state index in [0.29, 0.717) is 18.0 Å². The summed E-state index contributed by atoms with van der Waals surface area (Å²) in [6.07, 6.45) is -0.545. The van der Waals surface area contributed by atoms with Crippen LogP contribution in [-0.4, -0.2) is 59.4 Å². The Hall–Kier alpha value is -2.28. The van der Waals surface area contributed by atoms with Crippen LogP contribution < -0.4 is 9.47 Å². The number of carbonyl (C=O) groups is 2. The third-order valence-electron chi connectivity index (χ3n) is 4.29. The molecule has 1 amide bonds. The Kier molecular flexibility index (Phi) is 4.60. The van der Waals surface area contributed by atoms with Crippen molar-refractivity contribution in [3.63, 3.8) is 0 Å². The van der Waals surface area contributed by atoms with Crippen LogP contribution in [0.4, 0.5) is 0 Å². The summed E-state index contributed by atoms with van der Waals surface area (Å²) in [5, 5.41) is 9.11. The smallest absolute Gasteiger partial charge is 0.334 e. The van der Waals surface area contributed by atoms with E-state index in [1.165, 1.54) is 4.90 Å². The zero-order valence-electron chi connectivity index (χ0n) is 14.7. The quantitative estimate of drug-likeness (QED) is 0.886. The van der Waals surface area contributed by atoms with Gasteiger partial charge in [0.15, 0.2) is 24.2 Å². The third-order valence-corrected chi connectivity index (χ3v) is 4.29. The van der Waals surface area contributed by atoms with Gasteiger partial charge in [-0.2, -0.15) is 0 Å². The number of aliphatic carboxylic acids is 1. The Labute approximate surface area is 146 Å². The molecule has 1 N–H and O–H groups in total. The summed E-state index contributed by atoms with van der Waals surface area (Å²) in [4.78, 5) is 25.0. The van der Waals surface area contributed by atoms with Gasteiger partial charge in [0.2, 0.25) is 0 Å². The summed E-state index contributed by atoms with van der Waals surface area (Å²) in [5.41, 5.74) is 0.765. The van der Waals surface area contributed by atoms with Gasteiger partial charge >= 0.3 is 5.97 Å². The standard InChI is InChI=1S/C18H23NO6/c1-11-8-19(9-14(24-11)17(21)22)15(20)10-23-13-6-4-5-12-7-18(2,3)25-16(12)13/h4-6,11,14H,7-10H2,1-3H3,(H,21,22)/t11-,14?/m1/s1. The molecule has 0 spiro atoms. The molecule has 1 fully saturated rings. The van der Waals surface area contributed by atoms with Crippen LogP contribution in [0.2, 0.25) is 0 Å². The molecule has 2 aliphatic heterocycles. The normalized spacial score (nSPS) is 24.4. The van der Waals surface area contributed by atoms with Crippen LogP contribution in [-0.2, 0) is 20.7 Å². The van der Waals surface area contributed by atoms with E-state index in [0.717, 1.165) is 12.0 Å². The predicted octanol–water partition coefficient (Wildman–Crippen LogP) is 1.48. The van der Waals surface area contributed by atoms with Gasteiger partial charge < -0.3 is 24.2 Å². The van der Waals surface area contributed by atoms with Crippen molar-refractivity contribution in [2.24, 2.45) is 0 Å². The first kappa shape index (κ1) is 17.5. The number of hydrogen-bond acceptors (Lipinski definition) is 5. The second-order valence-electron chi connectivity index (χ2n) is 7.14. The van der Waals surface area contributed by atoms with Crippen LogP contribution in [0.5, 0.6) is 11.5 Å². The van der Waals surface area contributed by atoms with Crippen molar-refractivity contribution in [2.75, 3.05) is 19.7 Å². The van der Waals surface area contributed by atoms with E-state index in [2.05, 4.69) is 0 Å². The summed E-state index contributed by atoms with van der Waals surface area (Å²) < 4.78 is 16.9. The number of nitrogens with zero attached hydrogens (tertiary/aromatic N) is 1. The molecule has 1 aromatic rings. The maximum absolute atomic E-state index is 12.4. The van der Waals surface area contributed by atoms with E-state index < -0.39 is 12.1 Å². The van der Waals surface area contributed by atoms with Crippen molar-refractivity contribution in [3.8, 4) is 11.5 Å². The summed E-state index contributed by atoms with van der Waals surface area (Å²) in [6.45, 7) is 5.96. The number of carbonyl (C=O) groups excluding carboxylic acids is 1. The fraction of sp³-hybridized carbons (Fsp3) is 0.556. The zero-order valence-corrected chi connectivity index (χ0v) is 14.7. The van der Waals surface area contributed by atoms with E-state index in [9.17, 15) is 9.59 Å². The fourth-order valence-electron chi connectivity index (χ4n) is 3.22. The van der Waals surface area contributed by atoms with E-state index in [1.54, 1.807) is 13.0 Å². The highest BCUT2D eigenvalue weighted by Gasteiger charge is 2.34. The molecule has 0 bridgehead atoms. The second kappa shape index (κ2) is 6.55. The van der Waals surface area contributed by atoms with Crippen LogP contribution in [0.3, 0.4) is 0 Å². The van der Waals surface area contributed by atoms with Crippen LogP contribution in [0.15, 0.2) is 18.2 Å². The molecule has 136 valence electrons. The monoisotopic (exact) mass is 349 g/mol. The summed E-state index contributed by atoms with van der Waals surface area (Å²) in [7, 11) is 0. The largest absolute Gasteiger partial charge is 0.483 e. The van der Waals surface area contributed by atoms with Gasteiger partial charge in [0.25, 0.3) is 5.91 Å². The highest BCUT2D eigenvalue weighted by Crippen LogP contribution is 2.41. The van der Waals surface area contributed by atoms with Crippen molar-refractivity contribution in [1.29, 1.82) is 0 Å². The van der Waals surface area contributed by atoms with Crippen LogP contribution in [0, 0.1) is 0 Å². The first-order valence-electron chi connectivity index (χ1n) is 8.35. The molecule has 0 radical (unpaired) electrons. The first-order chi connectivity index (χ1) is 11.7. The minimum atomic E-state index is -1.07. The number of para-hydroxylation sites is 1. The number of carboxylic acid groups (broad SMARTS) is 1. The summed E-state index contributed by atoms with van der Waals surface area (Å²) in [6, 6.07) is 5.63. The minimum absolute atomic E-state index is 0.0261. The second-order valence-corrected chi connectivity index (χ2v) is 7.14.